The second-order valence-corrected chi connectivity index (χ2v) is 7.26. The van der Waals surface area contributed by atoms with Crippen molar-refractivity contribution in [3.8, 4) is 0 Å². The predicted molar refractivity (Wildman–Crippen MR) is 118 cm³/mol. The van der Waals surface area contributed by atoms with Crippen LogP contribution in [0, 0.1) is 0 Å². The average Bonchev–Trinajstić information content (AvgIpc) is 2.78. The third kappa shape index (κ3) is 6.13. The summed E-state index contributed by atoms with van der Waals surface area (Å²) in [7, 11) is 0. The first-order valence-corrected chi connectivity index (χ1v) is 9.95. The summed E-state index contributed by atoms with van der Waals surface area (Å²) in [4.78, 5) is 36.4. The van der Waals surface area contributed by atoms with Gasteiger partial charge in [0.25, 0.3) is 0 Å². The molecule has 5 N–H and O–H groups in total. The van der Waals surface area contributed by atoms with E-state index in [1.54, 1.807) is 0 Å². The van der Waals surface area contributed by atoms with E-state index in [1.807, 2.05) is 72.8 Å². The van der Waals surface area contributed by atoms with Gasteiger partial charge in [-0.1, -0.05) is 72.8 Å². The summed E-state index contributed by atoms with van der Waals surface area (Å²) < 4.78 is 5.15. The third-order valence-electron chi connectivity index (χ3n) is 4.93. The first kappa shape index (κ1) is 22.0. The smallest absolute Gasteiger partial charge is 0.308 e. The molecule has 0 bridgehead atoms. The van der Waals surface area contributed by atoms with E-state index in [0.29, 0.717) is 0 Å². The van der Waals surface area contributed by atoms with E-state index in [9.17, 15) is 14.4 Å². The van der Waals surface area contributed by atoms with Gasteiger partial charge in [-0.2, -0.15) is 0 Å². The van der Waals surface area contributed by atoms with E-state index in [2.05, 4.69) is 5.32 Å². The van der Waals surface area contributed by atoms with Crippen molar-refractivity contribution in [2.45, 2.75) is 31.5 Å². The number of amides is 2. The highest BCUT2D eigenvalue weighted by Crippen LogP contribution is 2.19. The average molecular weight is 419 g/mol. The lowest BCUT2D eigenvalue weighted by Crippen LogP contribution is -2.51. The summed E-state index contributed by atoms with van der Waals surface area (Å²) in [6, 6.07) is 20.5. The molecule has 2 atom stereocenters. The summed E-state index contributed by atoms with van der Waals surface area (Å²) in [6.07, 6.45) is -0.0913. The van der Waals surface area contributed by atoms with Crippen molar-refractivity contribution < 1.29 is 19.1 Å². The van der Waals surface area contributed by atoms with Crippen molar-refractivity contribution in [3.05, 3.63) is 83.9 Å². The number of hydrogen-bond acceptors (Lipinski definition) is 5. The van der Waals surface area contributed by atoms with Crippen LogP contribution >= 0.6 is 0 Å². The number of carbonyl (C=O) groups is 3. The number of hydrogen-bond donors (Lipinski definition) is 3. The standard InChI is InChI=1S/C24H25N3O4/c25-20(14-22(28)31-15-16-7-2-1-3-8-16)24(30)27-21(23(26)29)13-18-11-6-10-17-9-4-5-12-19(17)18/h1-12,20-21H,13-15,25H2,(H2,26,29)(H,27,30)/t20-,21-/m0/s1. The molecule has 7 heteroatoms. The number of benzene rings is 3. The molecule has 0 aliphatic carbocycles. The number of nitrogens with two attached hydrogens (primary N) is 2. The lowest BCUT2D eigenvalue weighted by Gasteiger charge is -2.19. The predicted octanol–water partition coefficient (Wildman–Crippen LogP) is 1.81. The van der Waals surface area contributed by atoms with Crippen molar-refractivity contribution in [2.75, 3.05) is 0 Å². The summed E-state index contributed by atoms with van der Waals surface area (Å²) in [5.74, 6) is -1.92. The lowest BCUT2D eigenvalue weighted by atomic mass is 9.98. The number of primary amides is 1. The van der Waals surface area contributed by atoms with Crippen molar-refractivity contribution in [2.24, 2.45) is 11.5 Å². The maximum atomic E-state index is 12.5. The molecule has 0 aliphatic heterocycles. The van der Waals surface area contributed by atoms with Crippen LogP contribution in [0.2, 0.25) is 0 Å². The number of carbonyl (C=O) groups excluding carboxylic acids is 3. The van der Waals surface area contributed by atoms with Crippen LogP contribution in [-0.4, -0.2) is 29.9 Å². The number of fused-ring (bicyclic) bond motifs is 1. The van der Waals surface area contributed by atoms with E-state index in [4.69, 9.17) is 16.2 Å². The van der Waals surface area contributed by atoms with Gasteiger partial charge in [0.15, 0.2) is 0 Å². The third-order valence-corrected chi connectivity index (χ3v) is 4.93. The Kier molecular flexibility index (Phi) is 7.35. The maximum absolute atomic E-state index is 12.5. The van der Waals surface area contributed by atoms with Gasteiger partial charge in [-0.15, -0.1) is 0 Å². The van der Waals surface area contributed by atoms with Crippen LogP contribution in [0.1, 0.15) is 17.5 Å². The summed E-state index contributed by atoms with van der Waals surface area (Å²) in [6.45, 7) is 0.0962. The van der Waals surface area contributed by atoms with Crippen molar-refractivity contribution in [3.63, 3.8) is 0 Å². The van der Waals surface area contributed by atoms with Gasteiger partial charge in [-0.3, -0.25) is 14.4 Å². The number of nitrogens with one attached hydrogen (secondary N) is 1. The van der Waals surface area contributed by atoms with Crippen molar-refractivity contribution in [1.82, 2.24) is 5.32 Å². The van der Waals surface area contributed by atoms with Crippen LogP contribution in [0.3, 0.4) is 0 Å². The Bertz CT molecular complexity index is 1060. The monoisotopic (exact) mass is 419 g/mol. The Morgan fingerprint density at radius 3 is 2.32 bits per heavy atom. The van der Waals surface area contributed by atoms with Crippen molar-refractivity contribution in [1.29, 1.82) is 0 Å². The van der Waals surface area contributed by atoms with E-state index in [0.717, 1.165) is 21.9 Å². The van der Waals surface area contributed by atoms with Gasteiger partial charge in [-0.05, 0) is 21.9 Å². The second-order valence-electron chi connectivity index (χ2n) is 7.26. The fourth-order valence-corrected chi connectivity index (χ4v) is 3.26. The summed E-state index contributed by atoms with van der Waals surface area (Å²) >= 11 is 0. The zero-order valence-electron chi connectivity index (χ0n) is 17.0. The Labute approximate surface area is 180 Å². The van der Waals surface area contributed by atoms with Crippen LogP contribution in [0.4, 0.5) is 0 Å². The highest BCUT2D eigenvalue weighted by atomic mass is 16.5. The molecule has 0 radical (unpaired) electrons. The molecule has 0 saturated carbocycles. The SMILES string of the molecule is NC(=O)[C@H](Cc1cccc2ccccc12)NC(=O)[C@@H](N)CC(=O)OCc1ccccc1. The molecule has 0 heterocycles. The quantitative estimate of drug-likeness (QED) is 0.456. The Morgan fingerprint density at radius 1 is 0.903 bits per heavy atom. The molecule has 160 valence electrons. The molecule has 0 aliphatic rings. The normalized spacial score (nSPS) is 12.7. The maximum Gasteiger partial charge on any atom is 0.308 e. The molecule has 0 unspecified atom stereocenters. The Morgan fingerprint density at radius 2 is 1.58 bits per heavy atom. The van der Waals surface area contributed by atoms with Gasteiger partial charge in [0, 0.05) is 6.42 Å². The van der Waals surface area contributed by atoms with Crippen molar-refractivity contribution >= 4 is 28.6 Å². The number of esters is 1. The number of rotatable bonds is 9. The first-order valence-electron chi connectivity index (χ1n) is 9.95. The molecular weight excluding hydrogens is 394 g/mol. The van der Waals surface area contributed by atoms with Gasteiger partial charge in [0.2, 0.25) is 11.8 Å². The van der Waals surface area contributed by atoms with Crippen LogP contribution in [-0.2, 0) is 32.1 Å². The van der Waals surface area contributed by atoms with Gasteiger partial charge in [0.05, 0.1) is 12.5 Å². The molecule has 0 aromatic heterocycles. The van der Waals surface area contributed by atoms with Crippen LogP contribution < -0.4 is 16.8 Å². The molecule has 0 saturated heterocycles. The largest absolute Gasteiger partial charge is 0.461 e. The topological polar surface area (TPSA) is 125 Å². The molecule has 0 fully saturated rings. The van der Waals surface area contributed by atoms with Gasteiger partial charge >= 0.3 is 5.97 Å². The fraction of sp³-hybridized carbons (Fsp3) is 0.208. The molecule has 3 aromatic rings. The van der Waals surface area contributed by atoms with E-state index >= 15 is 0 Å². The molecule has 0 spiro atoms. The Hall–Kier alpha value is -3.71. The minimum Gasteiger partial charge on any atom is -0.461 e. The minimum absolute atomic E-state index is 0.0962. The molecule has 3 rings (SSSR count). The Balaban J connectivity index is 1.58. The number of ether oxygens (including phenoxy) is 1. The van der Waals surface area contributed by atoms with Crippen LogP contribution in [0.5, 0.6) is 0 Å². The molecule has 2 amide bonds. The van der Waals surface area contributed by atoms with Crippen LogP contribution in [0.15, 0.2) is 72.8 Å². The zero-order chi connectivity index (χ0) is 22.2. The van der Waals surface area contributed by atoms with Gasteiger partial charge in [0.1, 0.15) is 12.6 Å². The lowest BCUT2D eigenvalue weighted by molar-refractivity contribution is -0.146. The van der Waals surface area contributed by atoms with E-state index in [1.165, 1.54) is 0 Å². The molecule has 7 nitrogen and oxygen atoms in total. The van der Waals surface area contributed by atoms with E-state index < -0.39 is 29.9 Å². The first-order chi connectivity index (χ1) is 14.9. The molecule has 3 aromatic carbocycles. The zero-order valence-corrected chi connectivity index (χ0v) is 17.0. The van der Waals surface area contributed by atoms with Gasteiger partial charge in [-0.25, -0.2) is 0 Å². The van der Waals surface area contributed by atoms with E-state index in [-0.39, 0.29) is 19.4 Å². The second kappa shape index (κ2) is 10.4. The summed E-state index contributed by atoms with van der Waals surface area (Å²) in [5.41, 5.74) is 13.1. The molecular formula is C24H25N3O4. The van der Waals surface area contributed by atoms with Crippen LogP contribution in [0.25, 0.3) is 10.8 Å². The fourth-order valence-electron chi connectivity index (χ4n) is 3.26. The van der Waals surface area contributed by atoms with Gasteiger partial charge < -0.3 is 21.5 Å². The summed E-state index contributed by atoms with van der Waals surface area (Å²) in [5, 5.41) is 4.55. The highest BCUT2D eigenvalue weighted by molar-refractivity contribution is 5.92. The minimum atomic E-state index is -1.15. The highest BCUT2D eigenvalue weighted by Gasteiger charge is 2.25. The molecule has 31 heavy (non-hydrogen) atoms.